The number of thiophene rings is 1. The average Bonchev–Trinajstić information content (AvgIpc) is 3.00. The summed E-state index contributed by atoms with van der Waals surface area (Å²) in [6, 6.07) is 10.5. The molecule has 0 radical (unpaired) electrons. The summed E-state index contributed by atoms with van der Waals surface area (Å²) in [7, 11) is 0. The molecule has 1 N–H and O–H groups in total. The molecule has 0 spiro atoms. The molecule has 4 rings (SSSR count). The van der Waals surface area contributed by atoms with Crippen LogP contribution in [0.4, 0.5) is 5.82 Å². The molecule has 7 heteroatoms. The van der Waals surface area contributed by atoms with Crippen molar-refractivity contribution in [3.05, 3.63) is 52.2 Å². The molecule has 1 amide bonds. The Hall–Kier alpha value is -2.51. The number of hydrogen-bond acceptors (Lipinski definition) is 6. The molecule has 3 aromatic rings. The number of anilines is 1. The maximum Gasteiger partial charge on any atom is 0.242 e. The van der Waals surface area contributed by atoms with Gasteiger partial charge in [-0.2, -0.15) is 0 Å². The van der Waals surface area contributed by atoms with E-state index in [0.717, 1.165) is 54.6 Å². The summed E-state index contributed by atoms with van der Waals surface area (Å²) in [4.78, 5) is 28.4. The summed E-state index contributed by atoms with van der Waals surface area (Å²) in [6.45, 7) is 10.6. The zero-order chi connectivity index (χ0) is 20.4. The number of carbonyl (C=O) groups excluding carboxylic acids is 1. The molecule has 152 valence electrons. The lowest BCUT2D eigenvalue weighted by atomic mass is 10.2. The highest BCUT2D eigenvalue weighted by atomic mass is 32.1. The monoisotopic (exact) mass is 409 g/mol. The lowest BCUT2D eigenvalue weighted by Gasteiger charge is -2.34. The number of carbonyl (C=O) groups is 1. The van der Waals surface area contributed by atoms with Gasteiger partial charge >= 0.3 is 0 Å². The molecule has 2 aromatic heterocycles. The molecule has 3 heterocycles. The predicted octanol–water partition coefficient (Wildman–Crippen LogP) is 3.37. The van der Waals surface area contributed by atoms with Gasteiger partial charge in [-0.3, -0.25) is 9.69 Å². The first-order valence-electron chi connectivity index (χ1n) is 10.0. The number of fused-ring (bicyclic) bond motifs is 1. The molecule has 29 heavy (non-hydrogen) atoms. The van der Waals surface area contributed by atoms with Gasteiger partial charge in [0.1, 0.15) is 16.5 Å². The zero-order valence-corrected chi connectivity index (χ0v) is 18.1. The first kappa shape index (κ1) is 19.8. The van der Waals surface area contributed by atoms with E-state index in [1.165, 1.54) is 16.0 Å². The van der Waals surface area contributed by atoms with Gasteiger partial charge in [-0.15, -0.1) is 11.3 Å². The van der Waals surface area contributed by atoms with Crippen LogP contribution in [-0.2, 0) is 11.3 Å². The van der Waals surface area contributed by atoms with Crippen molar-refractivity contribution < 1.29 is 4.79 Å². The van der Waals surface area contributed by atoms with Crippen molar-refractivity contribution in [2.45, 2.75) is 27.3 Å². The summed E-state index contributed by atoms with van der Waals surface area (Å²) in [5.74, 6) is 1.62. The highest BCUT2D eigenvalue weighted by Gasteiger charge is 2.21. The van der Waals surface area contributed by atoms with Crippen LogP contribution >= 0.6 is 11.3 Å². The van der Waals surface area contributed by atoms with Crippen LogP contribution in [-0.4, -0.2) is 58.4 Å². The molecule has 0 unspecified atom stereocenters. The first-order valence-corrected chi connectivity index (χ1v) is 10.8. The Morgan fingerprint density at radius 3 is 2.52 bits per heavy atom. The molecule has 0 bridgehead atoms. The van der Waals surface area contributed by atoms with Crippen molar-refractivity contribution in [1.29, 1.82) is 0 Å². The molecule has 1 aromatic carbocycles. The van der Waals surface area contributed by atoms with Crippen LogP contribution in [0.2, 0.25) is 0 Å². The van der Waals surface area contributed by atoms with E-state index >= 15 is 0 Å². The second-order valence-electron chi connectivity index (χ2n) is 7.58. The standard InChI is InChI=1S/C22H27N5OS/c1-15-16(2)29-22-20(15)21(24-17(3)25-22)23-13-19(28)27-11-9-26(10-12-27)14-18-7-5-4-6-8-18/h4-8H,9-14H2,1-3H3,(H,23,24,25). The van der Waals surface area contributed by atoms with Crippen molar-refractivity contribution in [3.63, 3.8) is 0 Å². The van der Waals surface area contributed by atoms with E-state index in [1.807, 2.05) is 17.9 Å². The Morgan fingerprint density at radius 2 is 1.79 bits per heavy atom. The first-order chi connectivity index (χ1) is 14.0. The molecule has 0 aliphatic carbocycles. The van der Waals surface area contributed by atoms with Gasteiger partial charge in [0.2, 0.25) is 5.91 Å². The van der Waals surface area contributed by atoms with Crippen LogP contribution in [0.3, 0.4) is 0 Å². The van der Waals surface area contributed by atoms with Gasteiger partial charge in [0.05, 0.1) is 11.9 Å². The summed E-state index contributed by atoms with van der Waals surface area (Å²) in [5.41, 5.74) is 2.51. The van der Waals surface area contributed by atoms with Crippen LogP contribution in [0.15, 0.2) is 30.3 Å². The van der Waals surface area contributed by atoms with Crippen LogP contribution in [0.25, 0.3) is 10.2 Å². The van der Waals surface area contributed by atoms with Crippen molar-refractivity contribution in [3.8, 4) is 0 Å². The van der Waals surface area contributed by atoms with Crippen molar-refractivity contribution in [2.24, 2.45) is 0 Å². The van der Waals surface area contributed by atoms with E-state index in [0.29, 0.717) is 0 Å². The van der Waals surface area contributed by atoms with Crippen LogP contribution in [0, 0.1) is 20.8 Å². The fourth-order valence-corrected chi connectivity index (χ4v) is 4.83. The summed E-state index contributed by atoms with van der Waals surface area (Å²) >= 11 is 1.68. The van der Waals surface area contributed by atoms with Gasteiger partial charge in [0.15, 0.2) is 0 Å². The van der Waals surface area contributed by atoms with Crippen LogP contribution in [0.1, 0.15) is 21.8 Å². The Balaban J connectivity index is 1.35. The lowest BCUT2D eigenvalue weighted by Crippen LogP contribution is -2.49. The molecule has 1 saturated heterocycles. The smallest absolute Gasteiger partial charge is 0.242 e. The van der Waals surface area contributed by atoms with Crippen molar-refractivity contribution in [1.82, 2.24) is 19.8 Å². The Labute approximate surface area is 175 Å². The number of piperazine rings is 1. The third kappa shape index (κ3) is 4.41. The maximum atomic E-state index is 12.8. The minimum atomic E-state index is 0.124. The molecule has 1 fully saturated rings. The molecular weight excluding hydrogens is 382 g/mol. The SMILES string of the molecule is Cc1nc(NCC(=O)N2CCN(Cc3ccccc3)CC2)c2c(C)c(C)sc2n1. The third-order valence-electron chi connectivity index (χ3n) is 5.52. The molecule has 0 atom stereocenters. The molecule has 1 aliphatic heterocycles. The second-order valence-corrected chi connectivity index (χ2v) is 8.78. The number of nitrogens with zero attached hydrogens (tertiary/aromatic N) is 4. The normalized spacial score (nSPS) is 15.1. The highest BCUT2D eigenvalue weighted by Crippen LogP contribution is 2.33. The number of hydrogen-bond donors (Lipinski definition) is 1. The third-order valence-corrected chi connectivity index (χ3v) is 6.62. The van der Waals surface area contributed by atoms with Gasteiger partial charge in [0, 0.05) is 37.6 Å². The maximum absolute atomic E-state index is 12.8. The lowest BCUT2D eigenvalue weighted by molar-refractivity contribution is -0.131. The number of aryl methyl sites for hydroxylation is 3. The number of aromatic nitrogens is 2. The topological polar surface area (TPSA) is 61.4 Å². The van der Waals surface area contributed by atoms with E-state index < -0.39 is 0 Å². The van der Waals surface area contributed by atoms with Crippen molar-refractivity contribution in [2.75, 3.05) is 38.0 Å². The minimum Gasteiger partial charge on any atom is -0.360 e. The van der Waals surface area contributed by atoms with Gasteiger partial charge in [-0.05, 0) is 31.9 Å². The Kier molecular flexibility index (Phi) is 5.78. The molecule has 1 aliphatic rings. The zero-order valence-electron chi connectivity index (χ0n) is 17.2. The van der Waals surface area contributed by atoms with Crippen molar-refractivity contribution >= 4 is 33.3 Å². The van der Waals surface area contributed by atoms with E-state index in [-0.39, 0.29) is 12.5 Å². The Bertz CT molecular complexity index is 1010. The summed E-state index contributed by atoms with van der Waals surface area (Å²) < 4.78 is 0. The Morgan fingerprint density at radius 1 is 1.07 bits per heavy atom. The minimum absolute atomic E-state index is 0.124. The highest BCUT2D eigenvalue weighted by molar-refractivity contribution is 7.18. The van der Waals surface area contributed by atoms with Gasteiger partial charge in [0.25, 0.3) is 0 Å². The average molecular weight is 410 g/mol. The van der Waals surface area contributed by atoms with Gasteiger partial charge in [-0.1, -0.05) is 30.3 Å². The van der Waals surface area contributed by atoms with Crippen LogP contribution < -0.4 is 5.32 Å². The number of rotatable bonds is 5. The van der Waals surface area contributed by atoms with Gasteiger partial charge < -0.3 is 10.2 Å². The van der Waals surface area contributed by atoms with E-state index in [4.69, 9.17) is 0 Å². The number of benzene rings is 1. The van der Waals surface area contributed by atoms with Gasteiger partial charge in [-0.25, -0.2) is 9.97 Å². The summed E-state index contributed by atoms with van der Waals surface area (Å²) in [5, 5.41) is 4.32. The molecular formula is C22H27N5OS. The predicted molar refractivity (Wildman–Crippen MR) is 118 cm³/mol. The van der Waals surface area contributed by atoms with E-state index in [9.17, 15) is 4.79 Å². The largest absolute Gasteiger partial charge is 0.360 e. The van der Waals surface area contributed by atoms with Crippen LogP contribution in [0.5, 0.6) is 0 Å². The van der Waals surface area contributed by atoms with E-state index in [1.54, 1.807) is 11.3 Å². The quantitative estimate of drug-likeness (QED) is 0.700. The second kappa shape index (κ2) is 8.47. The number of amides is 1. The summed E-state index contributed by atoms with van der Waals surface area (Å²) in [6.07, 6.45) is 0. The number of nitrogens with one attached hydrogen (secondary N) is 1. The fourth-order valence-electron chi connectivity index (χ4n) is 3.75. The fraction of sp³-hybridized carbons (Fsp3) is 0.409. The molecule has 6 nitrogen and oxygen atoms in total. The molecule has 0 saturated carbocycles. The van der Waals surface area contributed by atoms with E-state index in [2.05, 4.69) is 58.3 Å².